The van der Waals surface area contributed by atoms with Crippen molar-refractivity contribution in [3.05, 3.63) is 41.2 Å². The van der Waals surface area contributed by atoms with E-state index in [4.69, 9.17) is 11.6 Å². The van der Waals surface area contributed by atoms with Crippen LogP contribution in [0.3, 0.4) is 0 Å². The first-order chi connectivity index (χ1) is 12.7. The van der Waals surface area contributed by atoms with Crippen molar-refractivity contribution in [3.63, 3.8) is 0 Å². The number of benzene rings is 1. The zero-order valence-corrected chi connectivity index (χ0v) is 16.3. The molecule has 3 rings (SSSR count). The summed E-state index contributed by atoms with van der Waals surface area (Å²) in [5, 5.41) is 17.2. The number of aromatic nitrogens is 2. The van der Waals surface area contributed by atoms with Crippen molar-refractivity contribution >= 4 is 29.3 Å². The van der Waals surface area contributed by atoms with Crippen molar-refractivity contribution in [1.82, 2.24) is 14.7 Å². The molecule has 1 aromatic carbocycles. The highest BCUT2D eigenvalue weighted by Gasteiger charge is 2.42. The first kappa shape index (κ1) is 19.2. The van der Waals surface area contributed by atoms with E-state index in [9.17, 15) is 14.7 Å². The van der Waals surface area contributed by atoms with Gasteiger partial charge in [0.15, 0.2) is 0 Å². The normalized spacial score (nSPS) is 19.5. The first-order valence-electron chi connectivity index (χ1n) is 8.85. The second kappa shape index (κ2) is 7.23. The number of carboxylic acid groups (broad SMARTS) is 1. The monoisotopic (exact) mass is 390 g/mol. The molecule has 1 aliphatic heterocycles. The number of halogens is 1. The third kappa shape index (κ3) is 3.64. The predicted octanol–water partition coefficient (Wildman–Crippen LogP) is 3.98. The Hall–Kier alpha value is -2.54. The zero-order chi connectivity index (χ0) is 19.8. The molecule has 7 nitrogen and oxygen atoms in total. The number of urea groups is 1. The molecule has 1 atom stereocenters. The van der Waals surface area contributed by atoms with Gasteiger partial charge in [0.2, 0.25) is 0 Å². The fourth-order valence-electron chi connectivity index (χ4n) is 3.33. The third-order valence-electron chi connectivity index (χ3n) is 4.95. The summed E-state index contributed by atoms with van der Waals surface area (Å²) in [6, 6.07) is 7.06. The van der Waals surface area contributed by atoms with E-state index >= 15 is 0 Å². The minimum atomic E-state index is -0.903. The van der Waals surface area contributed by atoms with Gasteiger partial charge in [-0.1, -0.05) is 37.6 Å². The topological polar surface area (TPSA) is 87.5 Å². The molecule has 1 unspecified atom stereocenters. The molecule has 0 spiro atoms. The van der Waals surface area contributed by atoms with Gasteiger partial charge in [-0.05, 0) is 31.4 Å². The average molecular weight is 391 g/mol. The lowest BCUT2D eigenvalue weighted by molar-refractivity contribution is -0.146. The van der Waals surface area contributed by atoms with Crippen LogP contribution in [0.25, 0.3) is 5.69 Å². The highest BCUT2D eigenvalue weighted by atomic mass is 35.5. The molecule has 0 saturated carbocycles. The number of carboxylic acids is 1. The summed E-state index contributed by atoms with van der Waals surface area (Å²) in [4.78, 5) is 25.6. The van der Waals surface area contributed by atoms with E-state index in [2.05, 4.69) is 10.4 Å². The molecule has 2 heterocycles. The Morgan fingerprint density at radius 2 is 2.04 bits per heavy atom. The molecule has 2 N–H and O–H groups in total. The number of rotatable bonds is 4. The van der Waals surface area contributed by atoms with Gasteiger partial charge >= 0.3 is 12.0 Å². The molecular formula is C19H23ClN4O3. The molecule has 2 aromatic rings. The minimum Gasteiger partial charge on any atom is -0.481 e. The molecule has 144 valence electrons. The van der Waals surface area contributed by atoms with Crippen LogP contribution in [0.15, 0.2) is 30.5 Å². The summed E-state index contributed by atoms with van der Waals surface area (Å²) in [6.07, 6.45) is 2.04. The lowest BCUT2D eigenvalue weighted by Gasteiger charge is -2.21. The Kier molecular flexibility index (Phi) is 5.15. The number of para-hydroxylation sites is 1. The summed E-state index contributed by atoms with van der Waals surface area (Å²) >= 11 is 6.30. The third-order valence-corrected chi connectivity index (χ3v) is 5.27. The van der Waals surface area contributed by atoms with Crippen LogP contribution < -0.4 is 5.32 Å². The maximum Gasteiger partial charge on any atom is 0.321 e. The minimum absolute atomic E-state index is 0.0851. The van der Waals surface area contributed by atoms with Crippen molar-refractivity contribution in [2.24, 2.45) is 5.41 Å². The summed E-state index contributed by atoms with van der Waals surface area (Å²) in [6.45, 7) is 6.28. The number of anilines is 1. The Morgan fingerprint density at radius 3 is 2.63 bits per heavy atom. The van der Waals surface area contributed by atoms with Gasteiger partial charge in [0.05, 0.1) is 33.7 Å². The number of amides is 2. The number of likely N-dealkylation sites (tertiary alicyclic amines) is 1. The maximum atomic E-state index is 12.7. The van der Waals surface area contributed by atoms with Gasteiger partial charge in [-0.15, -0.1) is 0 Å². The zero-order valence-electron chi connectivity index (χ0n) is 15.6. The second-order valence-electron chi connectivity index (χ2n) is 7.43. The first-order valence-corrected chi connectivity index (χ1v) is 9.23. The highest BCUT2D eigenvalue weighted by Crippen LogP contribution is 2.32. The lowest BCUT2D eigenvalue weighted by Crippen LogP contribution is -2.37. The number of hydrogen-bond donors (Lipinski definition) is 2. The van der Waals surface area contributed by atoms with Crippen LogP contribution in [0.4, 0.5) is 10.5 Å². The van der Waals surface area contributed by atoms with Gasteiger partial charge in [-0.3, -0.25) is 4.79 Å². The van der Waals surface area contributed by atoms with Gasteiger partial charge in [0.1, 0.15) is 0 Å². The maximum absolute atomic E-state index is 12.7. The van der Waals surface area contributed by atoms with Crippen LogP contribution in [0.2, 0.25) is 5.02 Å². The van der Waals surface area contributed by atoms with Crippen molar-refractivity contribution in [1.29, 1.82) is 0 Å². The van der Waals surface area contributed by atoms with Crippen LogP contribution >= 0.6 is 11.6 Å². The smallest absolute Gasteiger partial charge is 0.321 e. The Bertz CT molecular complexity index is 880. The summed E-state index contributed by atoms with van der Waals surface area (Å²) < 4.78 is 1.73. The van der Waals surface area contributed by atoms with Crippen LogP contribution in [0.1, 0.15) is 38.8 Å². The van der Waals surface area contributed by atoms with E-state index in [1.807, 2.05) is 32.0 Å². The molecule has 0 radical (unpaired) electrons. The Labute approximate surface area is 162 Å². The average Bonchev–Trinajstić information content (AvgIpc) is 3.20. The van der Waals surface area contributed by atoms with E-state index < -0.39 is 11.4 Å². The van der Waals surface area contributed by atoms with E-state index in [1.165, 1.54) is 4.90 Å². The molecule has 1 saturated heterocycles. The van der Waals surface area contributed by atoms with Gasteiger partial charge in [0, 0.05) is 13.1 Å². The quantitative estimate of drug-likeness (QED) is 0.826. The highest BCUT2D eigenvalue weighted by molar-refractivity contribution is 6.32. The number of nitrogens with one attached hydrogen (secondary N) is 1. The molecule has 1 aromatic heterocycles. The molecule has 0 aliphatic carbocycles. The van der Waals surface area contributed by atoms with Crippen molar-refractivity contribution in [2.45, 2.75) is 33.1 Å². The van der Waals surface area contributed by atoms with Crippen molar-refractivity contribution in [2.75, 3.05) is 18.4 Å². The molecule has 1 aliphatic rings. The number of carbonyl (C=O) groups excluding carboxylic acids is 1. The molecule has 1 fully saturated rings. The van der Waals surface area contributed by atoms with E-state index in [-0.39, 0.29) is 18.5 Å². The largest absolute Gasteiger partial charge is 0.481 e. The van der Waals surface area contributed by atoms with Crippen LogP contribution in [-0.4, -0.2) is 44.9 Å². The van der Waals surface area contributed by atoms with Gasteiger partial charge in [-0.2, -0.15) is 5.10 Å². The SMILES string of the molecule is CC(C)c1c(NC(=O)N2CCC(C)(C(=O)O)C2)cnn1-c1ccccc1Cl. The molecule has 0 bridgehead atoms. The Morgan fingerprint density at radius 1 is 1.33 bits per heavy atom. The summed E-state index contributed by atoms with van der Waals surface area (Å²) in [5.74, 6) is -0.797. The predicted molar refractivity (Wildman–Crippen MR) is 104 cm³/mol. The van der Waals surface area contributed by atoms with Gasteiger partial charge < -0.3 is 15.3 Å². The number of carbonyl (C=O) groups is 2. The van der Waals surface area contributed by atoms with Crippen molar-refractivity contribution < 1.29 is 14.7 Å². The summed E-state index contributed by atoms with van der Waals surface area (Å²) in [7, 11) is 0. The number of nitrogens with zero attached hydrogens (tertiary/aromatic N) is 3. The number of aliphatic carboxylic acids is 1. The van der Waals surface area contributed by atoms with Gasteiger partial charge in [0.25, 0.3) is 0 Å². The van der Waals surface area contributed by atoms with E-state index in [0.717, 1.165) is 11.4 Å². The molecule has 27 heavy (non-hydrogen) atoms. The number of hydrogen-bond acceptors (Lipinski definition) is 3. The lowest BCUT2D eigenvalue weighted by atomic mass is 9.90. The van der Waals surface area contributed by atoms with Crippen LogP contribution in [-0.2, 0) is 4.79 Å². The van der Waals surface area contributed by atoms with E-state index in [0.29, 0.717) is 23.7 Å². The molecule has 2 amide bonds. The van der Waals surface area contributed by atoms with Gasteiger partial charge in [-0.25, -0.2) is 9.48 Å². The van der Waals surface area contributed by atoms with Crippen molar-refractivity contribution in [3.8, 4) is 5.69 Å². The second-order valence-corrected chi connectivity index (χ2v) is 7.84. The molecule has 8 heteroatoms. The van der Waals surface area contributed by atoms with Crippen LogP contribution in [0, 0.1) is 5.41 Å². The van der Waals surface area contributed by atoms with E-state index in [1.54, 1.807) is 23.9 Å². The Balaban J connectivity index is 1.85. The molecular weight excluding hydrogens is 368 g/mol. The summed E-state index contributed by atoms with van der Waals surface area (Å²) in [5.41, 5.74) is 1.26. The van der Waals surface area contributed by atoms with Crippen LogP contribution in [0.5, 0.6) is 0 Å². The standard InChI is InChI=1S/C19H23ClN4O3/c1-12(2)16-14(10-21-24(16)15-7-5-4-6-13(15)20)22-18(27)23-9-8-19(3,11-23)17(25)26/h4-7,10,12H,8-9,11H2,1-3H3,(H,22,27)(H,25,26). The fraction of sp³-hybridized carbons (Fsp3) is 0.421. The fourth-order valence-corrected chi connectivity index (χ4v) is 3.54.